The molecule has 0 radical (unpaired) electrons. The van der Waals surface area contributed by atoms with Crippen molar-refractivity contribution in [3.63, 3.8) is 0 Å². The van der Waals surface area contributed by atoms with E-state index in [4.69, 9.17) is 16.3 Å². The zero-order valence-corrected chi connectivity index (χ0v) is 13.5. The summed E-state index contributed by atoms with van der Waals surface area (Å²) in [7, 11) is 1.64. The van der Waals surface area contributed by atoms with E-state index in [0.717, 1.165) is 22.1 Å². The number of aromatic nitrogens is 3. The van der Waals surface area contributed by atoms with Crippen LogP contribution in [0.15, 0.2) is 53.7 Å². The Balaban J connectivity index is 1.72. The third kappa shape index (κ3) is 3.43. The summed E-state index contributed by atoms with van der Waals surface area (Å²) in [6.45, 7) is 0. The number of thioether (sulfide) groups is 1. The minimum Gasteiger partial charge on any atom is -0.496 e. The van der Waals surface area contributed by atoms with Crippen LogP contribution in [0.25, 0.3) is 11.4 Å². The van der Waals surface area contributed by atoms with Gasteiger partial charge in [-0.05, 0) is 29.8 Å². The van der Waals surface area contributed by atoms with Crippen LogP contribution < -0.4 is 4.74 Å². The lowest BCUT2D eigenvalue weighted by molar-refractivity contribution is 0.416. The second-order valence-corrected chi connectivity index (χ2v) is 5.96. The van der Waals surface area contributed by atoms with Crippen LogP contribution in [0.1, 0.15) is 5.56 Å². The van der Waals surface area contributed by atoms with E-state index in [0.29, 0.717) is 11.0 Å². The van der Waals surface area contributed by atoms with Crippen molar-refractivity contribution < 1.29 is 4.74 Å². The Labute approximate surface area is 137 Å². The van der Waals surface area contributed by atoms with Gasteiger partial charge in [0, 0.05) is 10.8 Å². The Morgan fingerprint density at radius 2 is 1.91 bits per heavy atom. The molecule has 1 heterocycles. The fraction of sp³-hybridized carbons (Fsp3) is 0.125. The standard InChI is InChI=1S/C16H14ClN3OS/c1-21-14-5-3-2-4-13(14)15-18-16(20-19-15)22-10-11-6-8-12(17)9-7-11/h2-9H,10H2,1H3,(H,18,19,20). The first-order valence-corrected chi connectivity index (χ1v) is 8.05. The molecule has 2 aromatic carbocycles. The fourth-order valence-electron chi connectivity index (χ4n) is 2.00. The maximum atomic E-state index is 5.88. The van der Waals surface area contributed by atoms with Crippen molar-refractivity contribution in [2.75, 3.05) is 7.11 Å². The molecule has 4 nitrogen and oxygen atoms in total. The first-order valence-electron chi connectivity index (χ1n) is 6.69. The number of hydrogen-bond acceptors (Lipinski definition) is 4. The second kappa shape index (κ2) is 6.85. The summed E-state index contributed by atoms with van der Waals surface area (Å²) in [6, 6.07) is 15.5. The van der Waals surface area contributed by atoms with E-state index in [1.165, 1.54) is 5.56 Å². The summed E-state index contributed by atoms with van der Waals surface area (Å²) in [5.74, 6) is 2.27. The van der Waals surface area contributed by atoms with Crippen LogP contribution in [0, 0.1) is 0 Å². The summed E-state index contributed by atoms with van der Waals surface area (Å²) in [4.78, 5) is 4.51. The van der Waals surface area contributed by atoms with Crippen molar-refractivity contribution in [2.45, 2.75) is 10.9 Å². The molecule has 22 heavy (non-hydrogen) atoms. The van der Waals surface area contributed by atoms with Crippen molar-refractivity contribution in [3.05, 3.63) is 59.1 Å². The quantitative estimate of drug-likeness (QED) is 0.703. The summed E-state index contributed by atoms with van der Waals surface area (Å²) in [5, 5.41) is 8.65. The maximum absolute atomic E-state index is 5.88. The normalized spacial score (nSPS) is 10.6. The molecule has 3 rings (SSSR count). The van der Waals surface area contributed by atoms with E-state index < -0.39 is 0 Å². The third-order valence-electron chi connectivity index (χ3n) is 3.11. The predicted octanol–water partition coefficient (Wildman–Crippen LogP) is 4.43. The van der Waals surface area contributed by atoms with E-state index in [-0.39, 0.29) is 0 Å². The van der Waals surface area contributed by atoms with E-state index in [2.05, 4.69) is 15.2 Å². The van der Waals surface area contributed by atoms with Gasteiger partial charge in [0.05, 0.1) is 12.7 Å². The number of nitrogens with one attached hydrogen (secondary N) is 1. The van der Waals surface area contributed by atoms with Crippen LogP contribution in [0.4, 0.5) is 0 Å². The van der Waals surface area contributed by atoms with Crippen LogP contribution in [0.2, 0.25) is 5.02 Å². The van der Waals surface area contributed by atoms with Crippen LogP contribution >= 0.6 is 23.4 Å². The molecule has 0 saturated heterocycles. The highest BCUT2D eigenvalue weighted by atomic mass is 35.5. The Morgan fingerprint density at radius 3 is 2.68 bits per heavy atom. The lowest BCUT2D eigenvalue weighted by Gasteiger charge is -2.04. The zero-order chi connectivity index (χ0) is 15.4. The minimum absolute atomic E-state index is 0.704. The maximum Gasteiger partial charge on any atom is 0.209 e. The van der Waals surface area contributed by atoms with Crippen LogP contribution in [0.5, 0.6) is 5.75 Å². The second-order valence-electron chi connectivity index (χ2n) is 4.58. The molecule has 1 N–H and O–H groups in total. The van der Waals surface area contributed by atoms with Crippen LogP contribution in [-0.4, -0.2) is 22.3 Å². The number of para-hydroxylation sites is 1. The molecular weight excluding hydrogens is 318 g/mol. The Kier molecular flexibility index (Phi) is 4.65. The largest absolute Gasteiger partial charge is 0.496 e. The molecular formula is C16H14ClN3OS. The molecule has 0 amide bonds. The van der Waals surface area contributed by atoms with Crippen molar-refractivity contribution in [2.24, 2.45) is 0 Å². The number of ether oxygens (including phenoxy) is 1. The van der Waals surface area contributed by atoms with Crippen molar-refractivity contribution in [1.29, 1.82) is 0 Å². The van der Waals surface area contributed by atoms with E-state index in [1.54, 1.807) is 18.9 Å². The van der Waals surface area contributed by atoms with E-state index in [9.17, 15) is 0 Å². The minimum atomic E-state index is 0.704. The van der Waals surface area contributed by atoms with E-state index in [1.807, 2.05) is 48.5 Å². The zero-order valence-electron chi connectivity index (χ0n) is 11.9. The number of H-pyrrole nitrogens is 1. The first kappa shape index (κ1) is 14.9. The smallest absolute Gasteiger partial charge is 0.209 e. The van der Waals surface area contributed by atoms with Gasteiger partial charge in [0.1, 0.15) is 5.75 Å². The van der Waals surface area contributed by atoms with Crippen LogP contribution in [-0.2, 0) is 5.75 Å². The summed E-state index contributed by atoms with van der Waals surface area (Å²) < 4.78 is 5.34. The van der Waals surface area contributed by atoms with Gasteiger partial charge in [0.2, 0.25) is 5.16 Å². The highest BCUT2D eigenvalue weighted by Crippen LogP contribution is 2.28. The highest BCUT2D eigenvalue weighted by molar-refractivity contribution is 7.98. The number of aromatic amines is 1. The molecule has 0 fully saturated rings. The average molecular weight is 332 g/mol. The third-order valence-corrected chi connectivity index (χ3v) is 4.28. The summed E-state index contributed by atoms with van der Waals surface area (Å²) in [6.07, 6.45) is 0. The van der Waals surface area contributed by atoms with Gasteiger partial charge < -0.3 is 4.74 Å². The number of nitrogens with zero attached hydrogens (tertiary/aromatic N) is 2. The van der Waals surface area contributed by atoms with Crippen molar-refractivity contribution in [3.8, 4) is 17.1 Å². The molecule has 0 saturated carbocycles. The monoisotopic (exact) mass is 331 g/mol. The van der Waals surface area contributed by atoms with Gasteiger partial charge in [0.25, 0.3) is 0 Å². The molecule has 0 bridgehead atoms. The van der Waals surface area contributed by atoms with Crippen molar-refractivity contribution >= 4 is 23.4 Å². The SMILES string of the molecule is COc1ccccc1-c1nc(SCc2ccc(Cl)cc2)n[nH]1. The molecule has 0 atom stereocenters. The number of benzene rings is 2. The lowest BCUT2D eigenvalue weighted by Crippen LogP contribution is -1.88. The molecule has 0 aliphatic carbocycles. The number of hydrogen-bond donors (Lipinski definition) is 1. The Hall–Kier alpha value is -1.98. The molecule has 6 heteroatoms. The average Bonchev–Trinajstić information content (AvgIpc) is 3.03. The van der Waals surface area contributed by atoms with Gasteiger partial charge in [-0.25, -0.2) is 4.98 Å². The molecule has 112 valence electrons. The predicted molar refractivity (Wildman–Crippen MR) is 89.4 cm³/mol. The molecule has 0 aliphatic heterocycles. The molecule has 3 aromatic rings. The van der Waals surface area contributed by atoms with Gasteiger partial charge in [0.15, 0.2) is 5.82 Å². The van der Waals surface area contributed by atoms with Gasteiger partial charge in [-0.3, -0.25) is 5.10 Å². The van der Waals surface area contributed by atoms with Crippen LogP contribution in [0.3, 0.4) is 0 Å². The number of rotatable bonds is 5. The summed E-state index contributed by atoms with van der Waals surface area (Å²) in [5.41, 5.74) is 2.08. The van der Waals surface area contributed by atoms with Gasteiger partial charge in [-0.1, -0.05) is 47.6 Å². The fourth-order valence-corrected chi connectivity index (χ4v) is 2.88. The number of halogens is 1. The number of methoxy groups -OCH3 is 1. The molecule has 0 spiro atoms. The molecule has 0 unspecified atom stereocenters. The topological polar surface area (TPSA) is 50.8 Å². The summed E-state index contributed by atoms with van der Waals surface area (Å²) >= 11 is 7.45. The van der Waals surface area contributed by atoms with E-state index >= 15 is 0 Å². The highest BCUT2D eigenvalue weighted by Gasteiger charge is 2.10. The lowest BCUT2D eigenvalue weighted by atomic mass is 10.2. The molecule has 0 aliphatic rings. The Morgan fingerprint density at radius 1 is 1.14 bits per heavy atom. The van der Waals surface area contributed by atoms with Gasteiger partial charge in [-0.2, -0.15) is 0 Å². The van der Waals surface area contributed by atoms with Crippen molar-refractivity contribution in [1.82, 2.24) is 15.2 Å². The van der Waals surface area contributed by atoms with Gasteiger partial charge >= 0.3 is 0 Å². The first-order chi connectivity index (χ1) is 10.8. The Bertz CT molecular complexity index is 758. The molecule has 1 aromatic heterocycles. The van der Waals surface area contributed by atoms with Gasteiger partial charge in [-0.15, -0.1) is 5.10 Å².